The van der Waals surface area contributed by atoms with Gasteiger partial charge in [0.2, 0.25) is 0 Å². The van der Waals surface area contributed by atoms with Gasteiger partial charge in [-0.25, -0.2) is 9.59 Å². The number of amides is 1. The third-order valence-corrected chi connectivity index (χ3v) is 4.03. The summed E-state index contributed by atoms with van der Waals surface area (Å²) in [6, 6.07) is 18.4. The molecule has 0 aliphatic heterocycles. The molecular weight excluding hydrogens is 354 g/mol. The van der Waals surface area contributed by atoms with E-state index in [2.05, 4.69) is 0 Å². The second-order valence-electron chi connectivity index (χ2n) is 7.55. The van der Waals surface area contributed by atoms with Crippen LogP contribution in [0.15, 0.2) is 60.7 Å². The number of nitrogens with zero attached hydrogens (tertiary/aromatic N) is 1. The molecule has 5 nitrogen and oxygen atoms in total. The van der Waals surface area contributed by atoms with Gasteiger partial charge in [0.05, 0.1) is 6.61 Å². The number of hydrogen-bond donors (Lipinski definition) is 0. The van der Waals surface area contributed by atoms with Crippen molar-refractivity contribution < 1.29 is 19.1 Å². The number of carbonyl (C=O) groups is 2. The van der Waals surface area contributed by atoms with E-state index < -0.39 is 23.7 Å². The van der Waals surface area contributed by atoms with Gasteiger partial charge in [-0.15, -0.1) is 0 Å². The van der Waals surface area contributed by atoms with E-state index in [0.717, 1.165) is 11.1 Å². The van der Waals surface area contributed by atoms with Crippen LogP contribution in [0.1, 0.15) is 38.8 Å². The first-order valence-corrected chi connectivity index (χ1v) is 9.54. The minimum absolute atomic E-state index is 0.248. The predicted molar refractivity (Wildman–Crippen MR) is 109 cm³/mol. The molecule has 2 aromatic carbocycles. The van der Waals surface area contributed by atoms with Gasteiger partial charge in [-0.3, -0.25) is 4.90 Å². The number of esters is 1. The topological polar surface area (TPSA) is 55.8 Å². The van der Waals surface area contributed by atoms with Gasteiger partial charge in [-0.05, 0) is 38.8 Å². The van der Waals surface area contributed by atoms with E-state index in [1.54, 1.807) is 6.92 Å². The fourth-order valence-electron chi connectivity index (χ4n) is 2.80. The van der Waals surface area contributed by atoms with Crippen LogP contribution < -0.4 is 0 Å². The molecule has 28 heavy (non-hydrogen) atoms. The van der Waals surface area contributed by atoms with Gasteiger partial charge >= 0.3 is 12.1 Å². The standard InChI is InChI=1S/C23H29NO4/c1-5-27-21(25)20(16-18-12-8-6-9-13-18)24(22(26)28-23(2,3)4)17-19-14-10-7-11-15-19/h6-15,20H,5,16-17H2,1-4H3/t20-/m0/s1. The minimum atomic E-state index is -0.780. The highest BCUT2D eigenvalue weighted by Crippen LogP contribution is 2.19. The van der Waals surface area contributed by atoms with E-state index >= 15 is 0 Å². The molecule has 0 saturated heterocycles. The van der Waals surface area contributed by atoms with Crippen molar-refractivity contribution in [3.05, 3.63) is 71.8 Å². The quantitative estimate of drug-likeness (QED) is 0.656. The first-order valence-electron chi connectivity index (χ1n) is 9.54. The SMILES string of the molecule is CCOC(=O)[C@H](Cc1ccccc1)N(Cc1ccccc1)C(=O)OC(C)(C)C. The number of rotatable bonds is 7. The van der Waals surface area contributed by atoms with Crippen molar-refractivity contribution in [3.63, 3.8) is 0 Å². The minimum Gasteiger partial charge on any atom is -0.464 e. The molecule has 0 radical (unpaired) electrons. The normalized spacial score (nSPS) is 12.1. The maximum Gasteiger partial charge on any atom is 0.411 e. The Hall–Kier alpha value is -2.82. The van der Waals surface area contributed by atoms with E-state index in [9.17, 15) is 9.59 Å². The molecule has 0 bridgehead atoms. The van der Waals surface area contributed by atoms with Crippen LogP contribution in [0, 0.1) is 0 Å². The molecular formula is C23H29NO4. The van der Waals surface area contributed by atoms with Gasteiger partial charge in [-0.1, -0.05) is 60.7 Å². The van der Waals surface area contributed by atoms with Crippen molar-refractivity contribution in [1.29, 1.82) is 0 Å². The summed E-state index contributed by atoms with van der Waals surface area (Å²) in [5.74, 6) is -0.437. The van der Waals surface area contributed by atoms with Crippen molar-refractivity contribution in [2.24, 2.45) is 0 Å². The molecule has 2 rings (SSSR count). The van der Waals surface area contributed by atoms with Crippen LogP contribution in [0.4, 0.5) is 4.79 Å². The first-order chi connectivity index (χ1) is 13.3. The lowest BCUT2D eigenvalue weighted by molar-refractivity contribution is -0.149. The van der Waals surface area contributed by atoms with Crippen molar-refractivity contribution >= 4 is 12.1 Å². The average Bonchev–Trinajstić information content (AvgIpc) is 2.65. The van der Waals surface area contributed by atoms with Crippen LogP contribution in [0.5, 0.6) is 0 Å². The third kappa shape index (κ3) is 6.72. The molecule has 0 unspecified atom stereocenters. The summed E-state index contributed by atoms with van der Waals surface area (Å²) in [7, 11) is 0. The Morgan fingerprint density at radius 1 is 0.929 bits per heavy atom. The molecule has 0 aromatic heterocycles. The van der Waals surface area contributed by atoms with Gasteiger partial charge in [-0.2, -0.15) is 0 Å². The summed E-state index contributed by atoms with van der Waals surface area (Å²) in [5, 5.41) is 0. The largest absolute Gasteiger partial charge is 0.464 e. The highest BCUT2D eigenvalue weighted by molar-refractivity contribution is 5.82. The van der Waals surface area contributed by atoms with Crippen LogP contribution >= 0.6 is 0 Å². The van der Waals surface area contributed by atoms with Gasteiger partial charge < -0.3 is 9.47 Å². The van der Waals surface area contributed by atoms with Crippen LogP contribution in [0.3, 0.4) is 0 Å². The lowest BCUT2D eigenvalue weighted by Gasteiger charge is -2.32. The van der Waals surface area contributed by atoms with Crippen LogP contribution in [0.2, 0.25) is 0 Å². The lowest BCUT2D eigenvalue weighted by Crippen LogP contribution is -2.48. The molecule has 0 fully saturated rings. The van der Waals surface area contributed by atoms with Gasteiger partial charge in [0, 0.05) is 13.0 Å². The molecule has 2 aromatic rings. The number of benzene rings is 2. The van der Waals surface area contributed by atoms with E-state index in [4.69, 9.17) is 9.47 Å². The van der Waals surface area contributed by atoms with Crippen molar-refractivity contribution in [2.45, 2.75) is 52.3 Å². The zero-order valence-corrected chi connectivity index (χ0v) is 17.1. The second-order valence-corrected chi connectivity index (χ2v) is 7.55. The maximum atomic E-state index is 13.0. The number of hydrogen-bond acceptors (Lipinski definition) is 4. The van der Waals surface area contributed by atoms with Crippen molar-refractivity contribution in [3.8, 4) is 0 Å². The summed E-state index contributed by atoms with van der Waals surface area (Å²) in [6.45, 7) is 7.68. The molecule has 0 N–H and O–H groups in total. The highest BCUT2D eigenvalue weighted by Gasteiger charge is 2.34. The van der Waals surface area contributed by atoms with Crippen LogP contribution in [-0.2, 0) is 27.2 Å². The maximum absolute atomic E-state index is 13.0. The molecule has 150 valence electrons. The van der Waals surface area contributed by atoms with Gasteiger partial charge in [0.25, 0.3) is 0 Å². The van der Waals surface area contributed by atoms with Crippen LogP contribution in [-0.4, -0.2) is 35.2 Å². The lowest BCUT2D eigenvalue weighted by atomic mass is 10.0. The van der Waals surface area contributed by atoms with Gasteiger partial charge in [0.1, 0.15) is 11.6 Å². The zero-order valence-electron chi connectivity index (χ0n) is 17.1. The fourth-order valence-corrected chi connectivity index (χ4v) is 2.80. The Labute approximate surface area is 167 Å². The Kier molecular flexibility index (Phi) is 7.61. The molecule has 0 saturated carbocycles. The molecule has 1 atom stereocenters. The summed E-state index contributed by atoms with van der Waals surface area (Å²) in [6.07, 6.45) is -0.184. The predicted octanol–water partition coefficient (Wildman–Crippen LogP) is 4.60. The molecule has 0 aliphatic carbocycles. The van der Waals surface area contributed by atoms with Crippen LogP contribution in [0.25, 0.3) is 0 Å². The molecule has 0 spiro atoms. The summed E-state index contributed by atoms with van der Waals surface area (Å²) >= 11 is 0. The average molecular weight is 383 g/mol. The first kappa shape index (κ1) is 21.5. The second kappa shape index (κ2) is 9.93. The van der Waals surface area contributed by atoms with Gasteiger partial charge in [0.15, 0.2) is 0 Å². The molecule has 1 amide bonds. The van der Waals surface area contributed by atoms with Crippen molar-refractivity contribution in [2.75, 3.05) is 6.61 Å². The fraction of sp³-hybridized carbons (Fsp3) is 0.391. The number of carbonyl (C=O) groups excluding carboxylic acids is 2. The monoisotopic (exact) mass is 383 g/mol. The Morgan fingerprint density at radius 2 is 1.46 bits per heavy atom. The molecule has 0 heterocycles. The third-order valence-electron chi connectivity index (χ3n) is 4.03. The van der Waals surface area contributed by atoms with Crippen molar-refractivity contribution in [1.82, 2.24) is 4.90 Å². The molecule has 5 heteroatoms. The van der Waals surface area contributed by atoms with E-state index in [0.29, 0.717) is 6.42 Å². The Bertz CT molecular complexity index is 753. The summed E-state index contributed by atoms with van der Waals surface area (Å²) in [5.41, 5.74) is 1.19. The highest BCUT2D eigenvalue weighted by atomic mass is 16.6. The molecule has 0 aliphatic rings. The Balaban J connectivity index is 2.37. The smallest absolute Gasteiger partial charge is 0.411 e. The zero-order chi connectivity index (χ0) is 20.6. The Morgan fingerprint density at radius 3 is 1.96 bits per heavy atom. The van der Waals surface area contributed by atoms with E-state index in [1.807, 2.05) is 81.4 Å². The number of ether oxygens (including phenoxy) is 2. The van der Waals surface area contributed by atoms with E-state index in [1.165, 1.54) is 4.90 Å². The summed E-state index contributed by atoms with van der Waals surface area (Å²) in [4.78, 5) is 27.2. The summed E-state index contributed by atoms with van der Waals surface area (Å²) < 4.78 is 10.9. The van der Waals surface area contributed by atoms with E-state index in [-0.39, 0.29) is 13.2 Å².